The van der Waals surface area contributed by atoms with E-state index in [0.29, 0.717) is 0 Å². The number of carboxylic acids is 1. The Kier molecular flexibility index (Phi) is 14.2. The minimum Gasteiger partial charge on any atom is -0.550 e. The molecule has 0 fully saturated rings. The third kappa shape index (κ3) is 63.8. The molecule has 4 nitrogen and oxygen atoms in total. The van der Waals surface area contributed by atoms with Gasteiger partial charge in [-0.2, -0.15) is 0 Å². The molecule has 0 unspecified atom stereocenters. The number of unbranched alkanes of at least 4 members (excludes halogenated alkanes) is 2. The van der Waals surface area contributed by atoms with Gasteiger partial charge in [0.2, 0.25) is 0 Å². The topological polar surface area (TPSA) is 71.6 Å². The number of hydrogen-bond donors (Lipinski definition) is 0. The normalized spacial score (nSPS) is 9.50. The van der Waals surface area contributed by atoms with E-state index in [-0.39, 0.29) is 11.9 Å². The Morgan fingerprint density at radius 2 is 1.50 bits per heavy atom. The number of quaternary nitrogens is 1. The molecule has 0 aromatic heterocycles. The van der Waals surface area contributed by atoms with Gasteiger partial charge in [0.05, 0.1) is 28.2 Å². The van der Waals surface area contributed by atoms with Gasteiger partial charge in [0.25, 0.3) is 0 Å². The summed E-state index contributed by atoms with van der Waals surface area (Å²) in [5.74, 6) is -0.932. The van der Waals surface area contributed by atoms with Gasteiger partial charge in [0.1, 0.15) is 0 Å². The predicted octanol–water partition coefficient (Wildman–Crippen LogP) is -0.186. The first-order chi connectivity index (χ1) is 5.77. The van der Waals surface area contributed by atoms with Gasteiger partial charge in [-0.05, 0) is 12.8 Å². The second kappa shape index (κ2) is 10.5. The third-order valence-electron chi connectivity index (χ3n) is 0.984. The lowest BCUT2D eigenvalue weighted by Gasteiger charge is -2.14. The van der Waals surface area contributed by atoms with E-state index < -0.39 is 5.97 Å². The van der Waals surface area contributed by atoms with Gasteiger partial charge in [0, 0.05) is 5.97 Å². The molecule has 0 aromatic rings. The van der Waals surface area contributed by atoms with Gasteiger partial charge in [-0.1, -0.05) is 19.8 Å². The highest BCUT2D eigenvalue weighted by Crippen LogP contribution is 1.96. The van der Waals surface area contributed by atoms with Gasteiger partial charge in [-0.15, -0.1) is 0 Å². The highest BCUT2D eigenvalue weighted by atomic mass is 16.4. The minimum atomic E-state index is -0.932. The highest BCUT2D eigenvalue weighted by molar-refractivity contribution is 5.63. The lowest BCUT2D eigenvalue weighted by Crippen LogP contribution is -2.27. The maximum absolute atomic E-state index is 9.76. The molecule has 0 radical (unpaired) electrons. The van der Waals surface area contributed by atoms with E-state index in [0.717, 1.165) is 23.7 Å². The molecule has 0 heterocycles. The quantitative estimate of drug-likeness (QED) is 0.473. The van der Waals surface area contributed by atoms with Crippen molar-refractivity contribution < 1.29 is 19.9 Å². The van der Waals surface area contributed by atoms with E-state index in [1.807, 2.05) is 6.92 Å². The van der Waals surface area contributed by atoms with Crippen molar-refractivity contribution in [3.8, 4) is 0 Å². The van der Waals surface area contributed by atoms with E-state index in [2.05, 4.69) is 28.2 Å². The summed E-state index contributed by atoms with van der Waals surface area (Å²) in [7, 11) is 8.50. The predicted molar refractivity (Wildman–Crippen MR) is 56.7 cm³/mol. The zero-order valence-electron chi connectivity index (χ0n) is 10.1. The van der Waals surface area contributed by atoms with Crippen LogP contribution in [0.1, 0.15) is 32.6 Å². The van der Waals surface area contributed by atoms with Crippen LogP contribution in [-0.2, 0) is 4.79 Å². The van der Waals surface area contributed by atoms with Crippen LogP contribution in [0.5, 0.6) is 0 Å². The Morgan fingerprint density at radius 3 is 1.71 bits per heavy atom. The lowest BCUT2D eigenvalue weighted by molar-refractivity contribution is -0.849. The van der Waals surface area contributed by atoms with Crippen molar-refractivity contribution in [2.45, 2.75) is 32.6 Å². The molecule has 0 saturated heterocycles. The molecule has 2 N–H and O–H groups in total. The van der Waals surface area contributed by atoms with E-state index in [4.69, 9.17) is 0 Å². The van der Waals surface area contributed by atoms with E-state index in [1.54, 1.807) is 0 Å². The molecular weight excluding hydrogens is 182 g/mol. The van der Waals surface area contributed by atoms with E-state index in [1.165, 1.54) is 0 Å². The number of nitrogens with zero attached hydrogens (tertiary/aromatic N) is 1. The fourth-order valence-electron chi connectivity index (χ4n) is 0.519. The van der Waals surface area contributed by atoms with Crippen LogP contribution in [-0.4, -0.2) is 44.1 Å². The molecule has 0 bridgehead atoms. The van der Waals surface area contributed by atoms with Crippen molar-refractivity contribution in [3.63, 3.8) is 0 Å². The molecule has 0 aromatic carbocycles. The lowest BCUT2D eigenvalue weighted by atomic mass is 10.2. The molecule has 0 amide bonds. The summed E-state index contributed by atoms with van der Waals surface area (Å²) in [6, 6.07) is 0. The number of hydrogen-bond acceptors (Lipinski definition) is 2. The van der Waals surface area contributed by atoms with Crippen LogP contribution in [0.3, 0.4) is 0 Å². The molecule has 0 rings (SSSR count). The van der Waals surface area contributed by atoms with Crippen molar-refractivity contribution in [2.75, 3.05) is 28.2 Å². The summed E-state index contributed by atoms with van der Waals surface area (Å²) in [5.41, 5.74) is 0. The van der Waals surface area contributed by atoms with Gasteiger partial charge in [0.15, 0.2) is 0 Å². The fourth-order valence-corrected chi connectivity index (χ4v) is 0.519. The number of carbonyl (C=O) groups is 1. The van der Waals surface area contributed by atoms with Crippen LogP contribution < -0.4 is 5.11 Å². The number of aliphatic carboxylic acids is 1. The first-order valence-electron chi connectivity index (χ1n) is 4.76. The molecule has 0 aliphatic heterocycles. The van der Waals surface area contributed by atoms with Crippen LogP contribution >= 0.6 is 0 Å². The molecule has 0 spiro atoms. The van der Waals surface area contributed by atoms with Crippen LogP contribution in [0.2, 0.25) is 0 Å². The monoisotopic (exact) mass is 207 g/mol. The Morgan fingerprint density at radius 1 is 1.14 bits per heavy atom. The summed E-state index contributed by atoms with van der Waals surface area (Å²) in [6.07, 6.45) is 3.04. The molecule has 0 saturated carbocycles. The summed E-state index contributed by atoms with van der Waals surface area (Å²) in [6.45, 7) is 2.04. The maximum Gasteiger partial charge on any atom is 0.0675 e. The van der Waals surface area contributed by atoms with Crippen molar-refractivity contribution >= 4 is 5.97 Å². The molecule has 0 aliphatic rings. The molecule has 0 aliphatic carbocycles. The Hall–Kier alpha value is -0.610. The largest absolute Gasteiger partial charge is 0.550 e. The first kappa shape index (κ1) is 19.0. The smallest absolute Gasteiger partial charge is 0.0675 e. The molecule has 0 atom stereocenters. The zero-order valence-corrected chi connectivity index (χ0v) is 10.1. The van der Waals surface area contributed by atoms with Crippen LogP contribution in [0.15, 0.2) is 0 Å². The number of carbonyl (C=O) groups excluding carboxylic acids is 1. The average Bonchev–Trinajstić information content (AvgIpc) is 1.83. The van der Waals surface area contributed by atoms with Crippen LogP contribution in [0.4, 0.5) is 0 Å². The summed E-state index contributed by atoms with van der Waals surface area (Å²) in [4.78, 5) is 9.76. The molecule has 4 heteroatoms. The minimum absolute atomic E-state index is 0. The SMILES string of the molecule is CCCCCC(=O)[O-].C[N+](C)(C)C.O. The molecule has 88 valence electrons. The second-order valence-electron chi connectivity index (χ2n) is 4.51. The molecule has 14 heavy (non-hydrogen) atoms. The highest BCUT2D eigenvalue weighted by Gasteiger charge is 1.88. The number of carboxylic acid groups (broad SMARTS) is 1. The summed E-state index contributed by atoms with van der Waals surface area (Å²) < 4.78 is 1.00. The fraction of sp³-hybridized carbons (Fsp3) is 0.900. The third-order valence-corrected chi connectivity index (χ3v) is 0.984. The van der Waals surface area contributed by atoms with Gasteiger partial charge in [-0.3, -0.25) is 0 Å². The van der Waals surface area contributed by atoms with Crippen molar-refractivity contribution in [2.24, 2.45) is 0 Å². The second-order valence-corrected chi connectivity index (χ2v) is 4.51. The molecular formula is C10H25NO3. The summed E-state index contributed by atoms with van der Waals surface area (Å²) >= 11 is 0. The van der Waals surface area contributed by atoms with Crippen molar-refractivity contribution in [1.29, 1.82) is 0 Å². The first-order valence-corrected chi connectivity index (χ1v) is 4.76. The van der Waals surface area contributed by atoms with E-state index in [9.17, 15) is 9.90 Å². The average molecular weight is 207 g/mol. The van der Waals surface area contributed by atoms with E-state index >= 15 is 0 Å². The van der Waals surface area contributed by atoms with Crippen molar-refractivity contribution in [3.05, 3.63) is 0 Å². The Labute approximate surface area is 87.4 Å². The van der Waals surface area contributed by atoms with Crippen LogP contribution in [0.25, 0.3) is 0 Å². The zero-order chi connectivity index (χ0) is 10.9. The van der Waals surface area contributed by atoms with Gasteiger partial charge < -0.3 is 19.9 Å². The summed E-state index contributed by atoms with van der Waals surface area (Å²) in [5, 5.41) is 9.76. The van der Waals surface area contributed by atoms with Gasteiger partial charge in [-0.25, -0.2) is 0 Å². The Balaban J connectivity index is -0.000000177. The number of rotatable bonds is 4. The van der Waals surface area contributed by atoms with Gasteiger partial charge >= 0.3 is 0 Å². The van der Waals surface area contributed by atoms with Crippen LogP contribution in [0, 0.1) is 0 Å². The van der Waals surface area contributed by atoms with Crippen molar-refractivity contribution in [1.82, 2.24) is 0 Å². The Bertz CT molecular complexity index is 124. The maximum atomic E-state index is 9.76. The standard InChI is InChI=1S/C6H12O2.C4H12N.H2O/c1-2-3-4-5-6(7)8;1-5(2,3)4;/h2-5H2,1H3,(H,7,8);1-4H3;1H2/q;+1;/p-1.